The first-order valence-electron chi connectivity index (χ1n) is 6.01. The highest BCUT2D eigenvalue weighted by Gasteiger charge is 2.27. The minimum absolute atomic E-state index is 0.479. The smallest absolute Gasteiger partial charge is 0.0974 e. The number of rotatable bonds is 3. The molecule has 0 radical (unpaired) electrons. The van der Waals surface area contributed by atoms with Crippen molar-refractivity contribution in [3.63, 3.8) is 0 Å². The molecule has 0 amide bonds. The topological polar surface area (TPSA) is 42.1 Å². The highest BCUT2D eigenvalue weighted by Crippen LogP contribution is 2.33. The van der Waals surface area contributed by atoms with E-state index in [0.29, 0.717) is 5.92 Å². The van der Waals surface area contributed by atoms with Gasteiger partial charge in [-0.3, -0.25) is 0 Å². The maximum atomic E-state index is 5.93. The third-order valence-corrected chi connectivity index (χ3v) is 4.63. The molecule has 0 saturated carbocycles. The number of thiazole rings is 1. The molecule has 1 saturated heterocycles. The van der Waals surface area contributed by atoms with Crippen molar-refractivity contribution in [2.24, 2.45) is 11.7 Å². The summed E-state index contributed by atoms with van der Waals surface area (Å²) < 4.78 is 0. The van der Waals surface area contributed by atoms with Crippen molar-refractivity contribution in [1.82, 2.24) is 9.88 Å². The fourth-order valence-corrected chi connectivity index (χ4v) is 3.47. The number of hydrogen-bond acceptors (Lipinski definition) is 4. The fourth-order valence-electron chi connectivity index (χ4n) is 2.47. The molecule has 16 heavy (non-hydrogen) atoms. The van der Waals surface area contributed by atoms with Crippen molar-refractivity contribution in [1.29, 1.82) is 0 Å². The van der Waals surface area contributed by atoms with E-state index >= 15 is 0 Å². The van der Waals surface area contributed by atoms with Gasteiger partial charge in [-0.1, -0.05) is 0 Å². The minimum atomic E-state index is 0.479. The van der Waals surface area contributed by atoms with E-state index in [1.807, 2.05) is 0 Å². The number of hydrogen-bond donors (Lipinski definition) is 1. The lowest BCUT2D eigenvalue weighted by molar-refractivity contribution is 0.199. The first-order valence-corrected chi connectivity index (χ1v) is 6.89. The molecule has 1 aliphatic rings. The Balaban J connectivity index is 2.05. The van der Waals surface area contributed by atoms with Crippen LogP contribution in [0.3, 0.4) is 0 Å². The Labute approximate surface area is 102 Å². The average Bonchev–Trinajstić information content (AvgIpc) is 2.69. The number of piperidine rings is 1. The Morgan fingerprint density at radius 2 is 2.25 bits per heavy atom. The zero-order valence-electron chi connectivity index (χ0n) is 10.1. The second-order valence-corrected chi connectivity index (χ2v) is 5.70. The predicted molar refractivity (Wildman–Crippen MR) is 68.9 cm³/mol. The van der Waals surface area contributed by atoms with Crippen molar-refractivity contribution >= 4 is 11.3 Å². The summed E-state index contributed by atoms with van der Waals surface area (Å²) in [5.41, 5.74) is 7.06. The second kappa shape index (κ2) is 5.25. The van der Waals surface area contributed by atoms with Gasteiger partial charge in [0.1, 0.15) is 0 Å². The van der Waals surface area contributed by atoms with Gasteiger partial charge in [-0.05, 0) is 45.8 Å². The quantitative estimate of drug-likeness (QED) is 0.875. The predicted octanol–water partition coefficient (Wildman–Crippen LogP) is 1.84. The maximum absolute atomic E-state index is 5.93. The number of aryl methyl sites for hydroxylation is 1. The number of aromatic nitrogens is 1. The molecule has 0 aromatic carbocycles. The van der Waals surface area contributed by atoms with Gasteiger partial charge in [-0.25, -0.2) is 4.98 Å². The molecule has 0 bridgehead atoms. The monoisotopic (exact) mass is 239 g/mol. The van der Waals surface area contributed by atoms with Gasteiger partial charge in [0, 0.05) is 23.5 Å². The molecule has 2 N–H and O–H groups in total. The average molecular weight is 239 g/mol. The molecule has 1 fully saturated rings. The Hall–Kier alpha value is -0.450. The van der Waals surface area contributed by atoms with E-state index in [9.17, 15) is 0 Å². The van der Waals surface area contributed by atoms with Gasteiger partial charge in [0.2, 0.25) is 0 Å². The van der Waals surface area contributed by atoms with Crippen molar-refractivity contribution < 1.29 is 0 Å². The Bertz CT molecular complexity index is 329. The van der Waals surface area contributed by atoms with E-state index in [2.05, 4.69) is 29.2 Å². The lowest BCUT2D eigenvalue weighted by atomic mass is 9.85. The molecule has 90 valence electrons. The zero-order chi connectivity index (χ0) is 11.5. The van der Waals surface area contributed by atoms with Crippen LogP contribution in [0.5, 0.6) is 0 Å². The molecular weight excluding hydrogens is 218 g/mol. The van der Waals surface area contributed by atoms with Gasteiger partial charge in [-0.2, -0.15) is 0 Å². The van der Waals surface area contributed by atoms with Crippen LogP contribution in [0.15, 0.2) is 5.38 Å². The molecule has 1 atom stereocenters. The Morgan fingerprint density at radius 3 is 2.75 bits per heavy atom. The summed E-state index contributed by atoms with van der Waals surface area (Å²) in [6, 6.07) is 0. The van der Waals surface area contributed by atoms with Crippen molar-refractivity contribution in [3.8, 4) is 0 Å². The normalized spacial score (nSPS) is 21.2. The minimum Gasteiger partial charge on any atom is -0.330 e. The summed E-state index contributed by atoms with van der Waals surface area (Å²) >= 11 is 1.77. The van der Waals surface area contributed by atoms with Crippen molar-refractivity contribution in [3.05, 3.63) is 16.1 Å². The summed E-state index contributed by atoms with van der Waals surface area (Å²) in [5.74, 6) is 1.21. The van der Waals surface area contributed by atoms with E-state index in [0.717, 1.165) is 18.2 Å². The first-order chi connectivity index (χ1) is 7.70. The van der Waals surface area contributed by atoms with Gasteiger partial charge in [-0.15, -0.1) is 11.3 Å². The van der Waals surface area contributed by atoms with Crippen LogP contribution in [-0.2, 0) is 0 Å². The molecule has 1 aromatic heterocycles. The van der Waals surface area contributed by atoms with Crippen LogP contribution < -0.4 is 5.73 Å². The van der Waals surface area contributed by atoms with Crippen molar-refractivity contribution in [2.45, 2.75) is 25.7 Å². The SMILES string of the molecule is Cc1csc(C(CN)C2CCN(C)CC2)n1. The van der Waals surface area contributed by atoms with Gasteiger partial charge in [0.05, 0.1) is 5.01 Å². The van der Waals surface area contributed by atoms with Crippen LogP contribution in [0.1, 0.15) is 29.5 Å². The van der Waals surface area contributed by atoms with Crippen LogP contribution in [0.4, 0.5) is 0 Å². The summed E-state index contributed by atoms with van der Waals surface area (Å²) in [6.45, 7) is 5.20. The van der Waals surface area contributed by atoms with Gasteiger partial charge < -0.3 is 10.6 Å². The van der Waals surface area contributed by atoms with E-state index in [-0.39, 0.29) is 0 Å². The Kier molecular flexibility index (Phi) is 3.95. The van der Waals surface area contributed by atoms with E-state index < -0.39 is 0 Å². The highest BCUT2D eigenvalue weighted by atomic mass is 32.1. The summed E-state index contributed by atoms with van der Waals surface area (Å²) in [6.07, 6.45) is 2.52. The van der Waals surface area contributed by atoms with Crippen LogP contribution in [0.25, 0.3) is 0 Å². The van der Waals surface area contributed by atoms with Crippen LogP contribution in [0.2, 0.25) is 0 Å². The first kappa shape index (κ1) is 12.0. The molecule has 0 aliphatic carbocycles. The highest BCUT2D eigenvalue weighted by molar-refractivity contribution is 7.09. The van der Waals surface area contributed by atoms with E-state index in [1.165, 1.54) is 30.9 Å². The molecule has 1 aromatic rings. The third kappa shape index (κ3) is 2.62. The summed E-state index contributed by atoms with van der Waals surface area (Å²) in [5, 5.41) is 3.38. The van der Waals surface area contributed by atoms with E-state index in [4.69, 9.17) is 5.73 Å². The number of nitrogens with two attached hydrogens (primary N) is 1. The lowest BCUT2D eigenvalue weighted by Crippen LogP contribution is -2.34. The molecule has 0 spiro atoms. The molecule has 3 nitrogen and oxygen atoms in total. The van der Waals surface area contributed by atoms with Gasteiger partial charge >= 0.3 is 0 Å². The number of nitrogens with zero attached hydrogens (tertiary/aromatic N) is 2. The zero-order valence-corrected chi connectivity index (χ0v) is 11.0. The van der Waals surface area contributed by atoms with E-state index in [1.54, 1.807) is 11.3 Å². The molecular formula is C12H21N3S. The summed E-state index contributed by atoms with van der Waals surface area (Å²) in [7, 11) is 2.20. The maximum Gasteiger partial charge on any atom is 0.0974 e. The fraction of sp³-hybridized carbons (Fsp3) is 0.750. The largest absolute Gasteiger partial charge is 0.330 e. The third-order valence-electron chi connectivity index (χ3n) is 3.54. The second-order valence-electron chi connectivity index (χ2n) is 4.81. The molecule has 1 aliphatic heterocycles. The number of likely N-dealkylation sites (tertiary alicyclic amines) is 1. The molecule has 1 unspecified atom stereocenters. The van der Waals surface area contributed by atoms with Crippen LogP contribution in [-0.4, -0.2) is 36.6 Å². The van der Waals surface area contributed by atoms with Gasteiger partial charge in [0.15, 0.2) is 0 Å². The van der Waals surface area contributed by atoms with Crippen LogP contribution in [0, 0.1) is 12.8 Å². The van der Waals surface area contributed by atoms with Crippen molar-refractivity contribution in [2.75, 3.05) is 26.7 Å². The standard InChI is InChI=1S/C12H21N3S/c1-9-8-16-12(14-9)11(7-13)10-3-5-15(2)6-4-10/h8,10-11H,3-7,13H2,1-2H3. The summed E-state index contributed by atoms with van der Waals surface area (Å²) in [4.78, 5) is 7.00. The van der Waals surface area contributed by atoms with Crippen LogP contribution >= 0.6 is 11.3 Å². The van der Waals surface area contributed by atoms with Gasteiger partial charge in [0.25, 0.3) is 0 Å². The Morgan fingerprint density at radius 1 is 1.56 bits per heavy atom. The molecule has 2 heterocycles. The molecule has 2 rings (SSSR count). The molecule has 4 heteroatoms. The lowest BCUT2D eigenvalue weighted by Gasteiger charge is -2.32.